The molecule has 0 heterocycles. The lowest BCUT2D eigenvalue weighted by molar-refractivity contribution is 0.667. The smallest absolute Gasteiger partial charge is 0.0384 e. The molecule has 0 radical (unpaired) electrons. The third kappa shape index (κ3) is 6.29. The third-order valence-electron chi connectivity index (χ3n) is 5.04. The standard InChI is InChI=1S/C26H31N/c1-3-4-5-6-7-22-12-16-25(17-13-22)27-26-18-14-24(15-19-26)20-23-10-8-21(2)9-11-23/h8-19,27H,3-7,20H2,1-2H3. The van der Waals surface area contributed by atoms with Crippen molar-refractivity contribution in [2.45, 2.75) is 52.4 Å². The zero-order valence-electron chi connectivity index (χ0n) is 16.7. The lowest BCUT2D eigenvalue weighted by atomic mass is 10.0. The zero-order chi connectivity index (χ0) is 18.9. The summed E-state index contributed by atoms with van der Waals surface area (Å²) in [5, 5.41) is 3.51. The summed E-state index contributed by atoms with van der Waals surface area (Å²) in [5.41, 5.74) is 7.73. The molecule has 1 N–H and O–H groups in total. The molecule has 0 amide bonds. The van der Waals surface area contributed by atoms with E-state index in [2.05, 4.69) is 92.0 Å². The highest BCUT2D eigenvalue weighted by molar-refractivity contribution is 5.60. The number of rotatable bonds is 9. The maximum absolute atomic E-state index is 3.51. The second-order valence-corrected chi connectivity index (χ2v) is 7.49. The predicted molar refractivity (Wildman–Crippen MR) is 118 cm³/mol. The molecule has 0 aliphatic heterocycles. The molecule has 1 heteroatoms. The molecule has 27 heavy (non-hydrogen) atoms. The molecule has 0 saturated heterocycles. The van der Waals surface area contributed by atoms with Gasteiger partial charge in [-0.1, -0.05) is 80.3 Å². The normalized spacial score (nSPS) is 10.7. The number of nitrogens with one attached hydrogen (secondary N) is 1. The summed E-state index contributed by atoms with van der Waals surface area (Å²) < 4.78 is 0. The maximum atomic E-state index is 3.51. The SMILES string of the molecule is CCCCCCc1ccc(Nc2ccc(Cc3ccc(C)cc3)cc2)cc1. The second-order valence-electron chi connectivity index (χ2n) is 7.49. The molecular formula is C26H31N. The molecule has 0 aromatic heterocycles. The predicted octanol–water partition coefficient (Wildman–Crippen LogP) is 7.45. The second kappa shape index (κ2) is 9.97. The van der Waals surface area contributed by atoms with Gasteiger partial charge < -0.3 is 5.32 Å². The third-order valence-corrected chi connectivity index (χ3v) is 5.04. The van der Waals surface area contributed by atoms with Crippen LogP contribution in [-0.4, -0.2) is 0 Å². The van der Waals surface area contributed by atoms with Gasteiger partial charge in [-0.25, -0.2) is 0 Å². The van der Waals surface area contributed by atoms with Crippen molar-refractivity contribution in [3.63, 3.8) is 0 Å². The lowest BCUT2D eigenvalue weighted by Crippen LogP contribution is -1.93. The largest absolute Gasteiger partial charge is 0.356 e. The van der Waals surface area contributed by atoms with E-state index in [-0.39, 0.29) is 0 Å². The summed E-state index contributed by atoms with van der Waals surface area (Å²) >= 11 is 0. The minimum absolute atomic E-state index is 0.979. The molecule has 0 bridgehead atoms. The van der Waals surface area contributed by atoms with Crippen molar-refractivity contribution < 1.29 is 0 Å². The Labute approximate surface area is 164 Å². The number of anilines is 2. The van der Waals surface area contributed by atoms with Crippen molar-refractivity contribution in [3.8, 4) is 0 Å². The van der Waals surface area contributed by atoms with Gasteiger partial charge in [0.2, 0.25) is 0 Å². The number of aryl methyl sites for hydroxylation is 2. The van der Waals surface area contributed by atoms with Gasteiger partial charge in [0, 0.05) is 11.4 Å². The van der Waals surface area contributed by atoms with Crippen LogP contribution in [0.5, 0.6) is 0 Å². The van der Waals surface area contributed by atoms with Gasteiger partial charge in [0.15, 0.2) is 0 Å². The van der Waals surface area contributed by atoms with E-state index in [0.717, 1.165) is 17.8 Å². The highest BCUT2D eigenvalue weighted by Crippen LogP contribution is 2.20. The molecule has 140 valence electrons. The molecule has 0 spiro atoms. The molecule has 0 saturated carbocycles. The van der Waals surface area contributed by atoms with Crippen LogP contribution in [0.2, 0.25) is 0 Å². The van der Waals surface area contributed by atoms with Gasteiger partial charge in [0.25, 0.3) is 0 Å². The average molecular weight is 358 g/mol. The summed E-state index contributed by atoms with van der Waals surface area (Å²) in [6.07, 6.45) is 7.45. The van der Waals surface area contributed by atoms with E-state index in [1.165, 1.54) is 54.4 Å². The van der Waals surface area contributed by atoms with Crippen LogP contribution in [0.4, 0.5) is 11.4 Å². The van der Waals surface area contributed by atoms with Gasteiger partial charge in [-0.05, 0) is 67.1 Å². The van der Waals surface area contributed by atoms with Gasteiger partial charge in [0.1, 0.15) is 0 Å². The fourth-order valence-electron chi connectivity index (χ4n) is 3.32. The number of hydrogen-bond donors (Lipinski definition) is 1. The molecule has 0 fully saturated rings. The Morgan fingerprint density at radius 3 is 1.67 bits per heavy atom. The Morgan fingerprint density at radius 2 is 1.11 bits per heavy atom. The van der Waals surface area contributed by atoms with Gasteiger partial charge in [0.05, 0.1) is 0 Å². The van der Waals surface area contributed by atoms with E-state index in [0.29, 0.717) is 0 Å². The van der Waals surface area contributed by atoms with E-state index in [4.69, 9.17) is 0 Å². The molecule has 3 aromatic carbocycles. The van der Waals surface area contributed by atoms with E-state index >= 15 is 0 Å². The first-order valence-electron chi connectivity index (χ1n) is 10.2. The Hall–Kier alpha value is -2.54. The van der Waals surface area contributed by atoms with Crippen molar-refractivity contribution in [1.82, 2.24) is 0 Å². The number of unbranched alkanes of at least 4 members (excludes halogenated alkanes) is 3. The molecule has 0 unspecified atom stereocenters. The average Bonchev–Trinajstić information content (AvgIpc) is 2.70. The Kier molecular flexibility index (Phi) is 7.10. The first-order chi connectivity index (χ1) is 13.2. The van der Waals surface area contributed by atoms with Crippen LogP contribution in [0, 0.1) is 6.92 Å². The van der Waals surface area contributed by atoms with Crippen molar-refractivity contribution in [2.75, 3.05) is 5.32 Å². The topological polar surface area (TPSA) is 12.0 Å². The highest BCUT2D eigenvalue weighted by atomic mass is 14.9. The van der Waals surface area contributed by atoms with Crippen LogP contribution in [0.3, 0.4) is 0 Å². The summed E-state index contributed by atoms with van der Waals surface area (Å²) in [4.78, 5) is 0. The van der Waals surface area contributed by atoms with E-state index in [9.17, 15) is 0 Å². The first-order valence-corrected chi connectivity index (χ1v) is 10.2. The van der Waals surface area contributed by atoms with Gasteiger partial charge >= 0.3 is 0 Å². The summed E-state index contributed by atoms with van der Waals surface area (Å²) in [6.45, 7) is 4.39. The molecular weight excluding hydrogens is 326 g/mol. The molecule has 3 aromatic rings. The monoisotopic (exact) mass is 357 g/mol. The van der Waals surface area contributed by atoms with E-state index < -0.39 is 0 Å². The molecule has 0 aliphatic carbocycles. The summed E-state index contributed by atoms with van der Waals surface area (Å²) in [7, 11) is 0. The highest BCUT2D eigenvalue weighted by Gasteiger charge is 2.00. The van der Waals surface area contributed by atoms with Crippen LogP contribution in [0.15, 0.2) is 72.8 Å². The number of hydrogen-bond acceptors (Lipinski definition) is 1. The Bertz CT molecular complexity index is 798. The fraction of sp³-hybridized carbons (Fsp3) is 0.308. The minimum atomic E-state index is 0.979. The van der Waals surface area contributed by atoms with Gasteiger partial charge in [-0.3, -0.25) is 0 Å². The van der Waals surface area contributed by atoms with Crippen LogP contribution in [0.25, 0.3) is 0 Å². The maximum Gasteiger partial charge on any atom is 0.0384 e. The summed E-state index contributed by atoms with van der Waals surface area (Å²) in [6, 6.07) is 26.4. The van der Waals surface area contributed by atoms with E-state index in [1.54, 1.807) is 0 Å². The molecule has 0 aliphatic rings. The Balaban J connectivity index is 1.52. The van der Waals surface area contributed by atoms with Crippen LogP contribution >= 0.6 is 0 Å². The quantitative estimate of drug-likeness (QED) is 0.392. The summed E-state index contributed by atoms with van der Waals surface area (Å²) in [5.74, 6) is 0. The minimum Gasteiger partial charge on any atom is -0.356 e. The van der Waals surface area contributed by atoms with Crippen molar-refractivity contribution in [3.05, 3.63) is 95.1 Å². The van der Waals surface area contributed by atoms with Crippen molar-refractivity contribution in [2.24, 2.45) is 0 Å². The number of benzene rings is 3. The van der Waals surface area contributed by atoms with Crippen LogP contribution in [-0.2, 0) is 12.8 Å². The van der Waals surface area contributed by atoms with Crippen molar-refractivity contribution in [1.29, 1.82) is 0 Å². The molecule has 1 nitrogen and oxygen atoms in total. The van der Waals surface area contributed by atoms with Crippen LogP contribution < -0.4 is 5.32 Å². The van der Waals surface area contributed by atoms with Crippen molar-refractivity contribution >= 4 is 11.4 Å². The van der Waals surface area contributed by atoms with Crippen LogP contribution in [0.1, 0.15) is 54.9 Å². The first kappa shape index (κ1) is 19.2. The zero-order valence-corrected chi connectivity index (χ0v) is 16.7. The molecule has 0 atom stereocenters. The van der Waals surface area contributed by atoms with Gasteiger partial charge in [-0.15, -0.1) is 0 Å². The lowest BCUT2D eigenvalue weighted by Gasteiger charge is -2.09. The fourth-order valence-corrected chi connectivity index (χ4v) is 3.32. The Morgan fingerprint density at radius 1 is 0.593 bits per heavy atom. The molecule has 3 rings (SSSR count). The van der Waals surface area contributed by atoms with Gasteiger partial charge in [-0.2, -0.15) is 0 Å². The van der Waals surface area contributed by atoms with E-state index in [1.807, 2.05) is 0 Å².